The van der Waals surface area contributed by atoms with E-state index in [0.717, 1.165) is 16.7 Å². The molecule has 98 valence electrons. The van der Waals surface area contributed by atoms with Gasteiger partial charge in [-0.1, -0.05) is 12.5 Å². The summed E-state index contributed by atoms with van der Waals surface area (Å²) in [6, 6.07) is 6.04. The SMILES string of the molecule is C[C@H]1CCCCN1Cc1ccc(C(=O)O)cc1I. The zero-order valence-corrected chi connectivity index (χ0v) is 12.7. The number of halogens is 1. The van der Waals surface area contributed by atoms with Crippen molar-refractivity contribution < 1.29 is 9.90 Å². The lowest BCUT2D eigenvalue weighted by atomic mass is 10.0. The van der Waals surface area contributed by atoms with Crippen LogP contribution in [0.4, 0.5) is 0 Å². The standard InChI is InChI=1S/C14H18INO2/c1-10-4-2-3-7-16(10)9-12-6-5-11(14(17)18)8-13(12)15/h5-6,8,10H,2-4,7,9H2,1H3,(H,17,18)/t10-/m0/s1. The number of hydrogen-bond donors (Lipinski definition) is 1. The van der Waals surface area contributed by atoms with Crippen LogP contribution in [-0.2, 0) is 6.54 Å². The van der Waals surface area contributed by atoms with E-state index in [1.807, 2.05) is 6.07 Å². The molecule has 0 amide bonds. The van der Waals surface area contributed by atoms with E-state index < -0.39 is 5.97 Å². The van der Waals surface area contributed by atoms with Gasteiger partial charge in [0.1, 0.15) is 0 Å². The molecule has 1 heterocycles. The van der Waals surface area contributed by atoms with Crippen LogP contribution < -0.4 is 0 Å². The van der Waals surface area contributed by atoms with E-state index in [4.69, 9.17) is 5.11 Å². The molecule has 2 rings (SSSR count). The summed E-state index contributed by atoms with van der Waals surface area (Å²) in [4.78, 5) is 13.4. The smallest absolute Gasteiger partial charge is 0.335 e. The number of aromatic carboxylic acids is 1. The molecule has 1 saturated heterocycles. The highest BCUT2D eigenvalue weighted by Gasteiger charge is 2.19. The van der Waals surface area contributed by atoms with Crippen LogP contribution in [0.2, 0.25) is 0 Å². The Balaban J connectivity index is 2.11. The summed E-state index contributed by atoms with van der Waals surface area (Å²) in [5.41, 5.74) is 1.60. The van der Waals surface area contributed by atoms with Gasteiger partial charge in [0.2, 0.25) is 0 Å². The number of carboxylic acid groups (broad SMARTS) is 1. The van der Waals surface area contributed by atoms with Crippen molar-refractivity contribution in [2.75, 3.05) is 6.54 Å². The number of hydrogen-bond acceptors (Lipinski definition) is 2. The zero-order chi connectivity index (χ0) is 13.1. The maximum atomic E-state index is 10.9. The minimum Gasteiger partial charge on any atom is -0.478 e. The lowest BCUT2D eigenvalue weighted by molar-refractivity contribution is 0.0696. The fraction of sp³-hybridized carbons (Fsp3) is 0.500. The number of likely N-dealkylation sites (tertiary alicyclic amines) is 1. The highest BCUT2D eigenvalue weighted by molar-refractivity contribution is 14.1. The van der Waals surface area contributed by atoms with Gasteiger partial charge in [-0.05, 0) is 66.6 Å². The van der Waals surface area contributed by atoms with Crippen molar-refractivity contribution >= 4 is 28.6 Å². The Kier molecular flexibility index (Phi) is 4.61. The molecule has 1 aromatic carbocycles. The highest BCUT2D eigenvalue weighted by atomic mass is 127. The first kappa shape index (κ1) is 13.8. The topological polar surface area (TPSA) is 40.5 Å². The summed E-state index contributed by atoms with van der Waals surface area (Å²) >= 11 is 2.23. The largest absolute Gasteiger partial charge is 0.478 e. The molecule has 1 aliphatic heterocycles. The quantitative estimate of drug-likeness (QED) is 0.842. The van der Waals surface area contributed by atoms with Crippen molar-refractivity contribution in [3.8, 4) is 0 Å². The van der Waals surface area contributed by atoms with Crippen LogP contribution in [0.25, 0.3) is 0 Å². The summed E-state index contributed by atoms with van der Waals surface area (Å²) in [5, 5.41) is 8.95. The average Bonchev–Trinajstić information content (AvgIpc) is 2.34. The summed E-state index contributed by atoms with van der Waals surface area (Å²) in [7, 11) is 0. The first-order valence-electron chi connectivity index (χ1n) is 6.33. The molecule has 0 saturated carbocycles. The highest BCUT2D eigenvalue weighted by Crippen LogP contribution is 2.22. The van der Waals surface area contributed by atoms with Crippen LogP contribution in [0.5, 0.6) is 0 Å². The molecule has 1 fully saturated rings. The van der Waals surface area contributed by atoms with Crippen molar-refractivity contribution in [2.24, 2.45) is 0 Å². The molecule has 0 aliphatic carbocycles. The number of nitrogens with zero attached hydrogens (tertiary/aromatic N) is 1. The lowest BCUT2D eigenvalue weighted by Gasteiger charge is -2.33. The van der Waals surface area contributed by atoms with Gasteiger partial charge >= 0.3 is 5.97 Å². The van der Waals surface area contributed by atoms with Gasteiger partial charge in [0.25, 0.3) is 0 Å². The molecule has 4 heteroatoms. The maximum absolute atomic E-state index is 10.9. The van der Waals surface area contributed by atoms with Crippen LogP contribution >= 0.6 is 22.6 Å². The monoisotopic (exact) mass is 359 g/mol. The molecule has 18 heavy (non-hydrogen) atoms. The Bertz CT molecular complexity index is 447. The third-order valence-corrected chi connectivity index (χ3v) is 4.62. The molecule has 3 nitrogen and oxygen atoms in total. The van der Waals surface area contributed by atoms with Crippen molar-refractivity contribution in [3.05, 3.63) is 32.9 Å². The van der Waals surface area contributed by atoms with Crippen molar-refractivity contribution in [1.29, 1.82) is 0 Å². The predicted molar refractivity (Wildman–Crippen MR) is 79.8 cm³/mol. The molecule has 0 radical (unpaired) electrons. The fourth-order valence-electron chi connectivity index (χ4n) is 2.42. The van der Waals surface area contributed by atoms with E-state index in [9.17, 15) is 4.79 Å². The van der Waals surface area contributed by atoms with Gasteiger partial charge in [0.05, 0.1) is 5.56 Å². The Labute approximate surface area is 121 Å². The summed E-state index contributed by atoms with van der Waals surface area (Å²) < 4.78 is 1.05. The maximum Gasteiger partial charge on any atom is 0.335 e. The van der Waals surface area contributed by atoms with Gasteiger partial charge in [0.15, 0.2) is 0 Å². The fourth-order valence-corrected chi connectivity index (χ4v) is 3.11. The number of rotatable bonds is 3. The van der Waals surface area contributed by atoms with Gasteiger partial charge in [-0.3, -0.25) is 4.90 Å². The Morgan fingerprint density at radius 3 is 2.89 bits per heavy atom. The second kappa shape index (κ2) is 6.02. The van der Waals surface area contributed by atoms with Gasteiger partial charge in [-0.25, -0.2) is 4.79 Å². The predicted octanol–water partition coefficient (Wildman–Crippen LogP) is 3.36. The van der Waals surface area contributed by atoms with E-state index in [-0.39, 0.29) is 0 Å². The third-order valence-electron chi connectivity index (χ3n) is 3.61. The Hall–Kier alpha value is -0.620. The van der Waals surface area contributed by atoms with Crippen LogP contribution in [0, 0.1) is 3.57 Å². The van der Waals surface area contributed by atoms with Crippen LogP contribution in [-0.4, -0.2) is 28.6 Å². The van der Waals surface area contributed by atoms with Crippen molar-refractivity contribution in [3.63, 3.8) is 0 Å². The second-order valence-corrected chi connectivity index (χ2v) is 6.09. The molecule has 0 unspecified atom stereocenters. The Morgan fingerprint density at radius 2 is 2.28 bits per heavy atom. The van der Waals surface area contributed by atoms with E-state index >= 15 is 0 Å². The first-order chi connectivity index (χ1) is 8.58. The van der Waals surface area contributed by atoms with E-state index in [1.54, 1.807) is 12.1 Å². The average molecular weight is 359 g/mol. The van der Waals surface area contributed by atoms with E-state index in [1.165, 1.54) is 24.8 Å². The van der Waals surface area contributed by atoms with Crippen molar-refractivity contribution in [2.45, 2.75) is 38.8 Å². The van der Waals surface area contributed by atoms with Gasteiger partial charge < -0.3 is 5.11 Å². The normalized spacial score (nSPS) is 20.9. The van der Waals surface area contributed by atoms with Crippen LogP contribution in [0.15, 0.2) is 18.2 Å². The number of carbonyl (C=O) groups is 1. The summed E-state index contributed by atoms with van der Waals surface area (Å²) in [5.74, 6) is -0.856. The molecular formula is C14H18INO2. The molecular weight excluding hydrogens is 341 g/mol. The molecule has 0 spiro atoms. The summed E-state index contributed by atoms with van der Waals surface area (Å²) in [6.45, 7) is 4.36. The molecule has 0 bridgehead atoms. The Morgan fingerprint density at radius 1 is 1.50 bits per heavy atom. The minimum absolute atomic E-state index is 0.370. The summed E-state index contributed by atoms with van der Waals surface area (Å²) in [6.07, 6.45) is 3.87. The van der Waals surface area contributed by atoms with Crippen LogP contribution in [0.3, 0.4) is 0 Å². The molecule has 1 aromatic rings. The number of piperidine rings is 1. The van der Waals surface area contributed by atoms with Gasteiger partial charge in [0, 0.05) is 16.2 Å². The molecule has 0 aromatic heterocycles. The van der Waals surface area contributed by atoms with E-state index in [0.29, 0.717) is 11.6 Å². The zero-order valence-electron chi connectivity index (χ0n) is 10.5. The molecule has 1 atom stereocenters. The molecule has 1 aliphatic rings. The first-order valence-corrected chi connectivity index (χ1v) is 7.41. The third kappa shape index (κ3) is 3.23. The number of carboxylic acids is 1. The van der Waals surface area contributed by atoms with Gasteiger partial charge in [-0.15, -0.1) is 0 Å². The van der Waals surface area contributed by atoms with E-state index in [2.05, 4.69) is 34.4 Å². The van der Waals surface area contributed by atoms with Crippen LogP contribution in [0.1, 0.15) is 42.1 Å². The molecule has 1 N–H and O–H groups in total. The van der Waals surface area contributed by atoms with Gasteiger partial charge in [-0.2, -0.15) is 0 Å². The lowest BCUT2D eigenvalue weighted by Crippen LogP contribution is -2.36. The minimum atomic E-state index is -0.856. The van der Waals surface area contributed by atoms with Crippen molar-refractivity contribution in [1.82, 2.24) is 4.90 Å². The second-order valence-electron chi connectivity index (χ2n) is 4.93. The number of benzene rings is 1.